The molecule has 0 saturated carbocycles. The van der Waals surface area contributed by atoms with E-state index in [2.05, 4.69) is 37.9 Å². The first kappa shape index (κ1) is 29.3. The smallest absolute Gasteiger partial charge is 0.242 e. The number of para-hydroxylation sites is 1. The second-order valence-electron chi connectivity index (χ2n) is 10.6. The lowest BCUT2D eigenvalue weighted by molar-refractivity contribution is -0.141. The van der Waals surface area contributed by atoms with Crippen LogP contribution in [-0.2, 0) is 22.6 Å². The fourth-order valence-electron chi connectivity index (χ4n) is 4.83. The summed E-state index contributed by atoms with van der Waals surface area (Å²) in [6, 6.07) is 16.1. The maximum atomic E-state index is 13.7. The molecule has 6 heteroatoms. The highest BCUT2D eigenvalue weighted by Crippen LogP contribution is 2.20. The number of hydrogen-bond donors (Lipinski definition) is 1. The van der Waals surface area contributed by atoms with Crippen LogP contribution >= 0.6 is 0 Å². The lowest BCUT2D eigenvalue weighted by atomic mass is 10.1. The molecule has 0 saturated heterocycles. The molecule has 206 valence electrons. The van der Waals surface area contributed by atoms with Gasteiger partial charge in [-0.2, -0.15) is 0 Å². The number of amides is 2. The predicted molar refractivity (Wildman–Crippen MR) is 155 cm³/mol. The Bertz CT molecular complexity index is 1140. The summed E-state index contributed by atoms with van der Waals surface area (Å²) in [7, 11) is 1.65. The zero-order chi connectivity index (χ0) is 27.3. The van der Waals surface area contributed by atoms with Gasteiger partial charge in [0.2, 0.25) is 11.8 Å². The van der Waals surface area contributed by atoms with Crippen LogP contribution in [0.4, 0.5) is 0 Å². The Morgan fingerprint density at radius 3 is 2.37 bits per heavy atom. The topological polar surface area (TPSA) is 65.6 Å². The highest BCUT2D eigenvalue weighted by Gasteiger charge is 2.22. The Hall–Kier alpha value is -3.28. The maximum Gasteiger partial charge on any atom is 0.242 e. The van der Waals surface area contributed by atoms with E-state index >= 15 is 0 Å². The number of H-pyrrole nitrogens is 1. The highest BCUT2D eigenvalue weighted by atomic mass is 16.5. The third-order valence-corrected chi connectivity index (χ3v) is 6.97. The van der Waals surface area contributed by atoms with Crippen LogP contribution < -0.4 is 4.74 Å². The molecule has 0 aliphatic heterocycles. The number of carbonyl (C=O) groups excluding carboxylic acids is 2. The molecular formula is C32H45N3O3. The SMILES string of the molecule is CCCCCCCC(=O)N(CC(=O)N(CCc1c[nH]c2ccccc12)Cc1ccc(OC)cc1)CC(C)C. The molecule has 2 aromatic carbocycles. The summed E-state index contributed by atoms with van der Waals surface area (Å²) in [5.74, 6) is 1.16. The number of carbonyl (C=O) groups is 2. The first-order chi connectivity index (χ1) is 18.4. The monoisotopic (exact) mass is 519 g/mol. The average Bonchev–Trinajstić information content (AvgIpc) is 3.33. The van der Waals surface area contributed by atoms with E-state index in [-0.39, 0.29) is 18.4 Å². The Morgan fingerprint density at radius 1 is 0.921 bits per heavy atom. The number of hydrogen-bond acceptors (Lipinski definition) is 3. The largest absolute Gasteiger partial charge is 0.497 e. The average molecular weight is 520 g/mol. The normalized spacial score (nSPS) is 11.2. The Kier molecular flexibility index (Phi) is 11.7. The van der Waals surface area contributed by atoms with Crippen molar-refractivity contribution in [1.82, 2.24) is 14.8 Å². The van der Waals surface area contributed by atoms with Gasteiger partial charge in [0.05, 0.1) is 13.7 Å². The number of unbranched alkanes of at least 4 members (excludes halogenated alkanes) is 4. The van der Waals surface area contributed by atoms with Crippen molar-refractivity contribution in [2.24, 2.45) is 5.92 Å². The molecule has 0 aliphatic rings. The van der Waals surface area contributed by atoms with Crippen molar-refractivity contribution in [3.05, 3.63) is 65.9 Å². The van der Waals surface area contributed by atoms with Gasteiger partial charge >= 0.3 is 0 Å². The van der Waals surface area contributed by atoms with Crippen LogP contribution in [0.25, 0.3) is 10.9 Å². The standard InChI is InChI=1S/C32H45N3O3/c1-5-6-7-8-9-14-31(36)35(22-25(2)3)24-32(37)34(23-26-15-17-28(38-4)18-16-26)20-19-27-21-33-30-13-11-10-12-29(27)30/h10-13,15-18,21,25,33H,5-9,14,19-20,22-24H2,1-4H3. The van der Waals surface area contributed by atoms with Crippen LogP contribution in [-0.4, -0.2) is 53.3 Å². The lowest BCUT2D eigenvalue weighted by Crippen LogP contribution is -2.44. The molecule has 0 atom stereocenters. The van der Waals surface area contributed by atoms with Crippen molar-refractivity contribution in [1.29, 1.82) is 0 Å². The van der Waals surface area contributed by atoms with Gasteiger partial charge in [0, 0.05) is 43.2 Å². The summed E-state index contributed by atoms with van der Waals surface area (Å²) in [6.07, 6.45) is 8.79. The minimum Gasteiger partial charge on any atom is -0.497 e. The van der Waals surface area contributed by atoms with Crippen molar-refractivity contribution >= 4 is 22.7 Å². The van der Waals surface area contributed by atoms with E-state index in [0.717, 1.165) is 42.5 Å². The molecule has 0 unspecified atom stereocenters. The Labute approximate surface area is 228 Å². The van der Waals surface area contributed by atoms with Crippen LogP contribution in [0.2, 0.25) is 0 Å². The second kappa shape index (κ2) is 15.2. The summed E-state index contributed by atoms with van der Waals surface area (Å²) in [5, 5.41) is 1.18. The van der Waals surface area contributed by atoms with Gasteiger partial charge in [-0.3, -0.25) is 9.59 Å². The molecule has 0 fully saturated rings. The number of nitrogens with one attached hydrogen (secondary N) is 1. The van der Waals surface area contributed by atoms with Crippen molar-refractivity contribution < 1.29 is 14.3 Å². The van der Waals surface area contributed by atoms with Crippen molar-refractivity contribution in [3.63, 3.8) is 0 Å². The van der Waals surface area contributed by atoms with Gasteiger partial charge in [-0.05, 0) is 48.1 Å². The summed E-state index contributed by atoms with van der Waals surface area (Å²) in [6.45, 7) is 8.17. The highest BCUT2D eigenvalue weighted by molar-refractivity contribution is 5.85. The van der Waals surface area contributed by atoms with Crippen LogP contribution in [0.3, 0.4) is 0 Å². The fourth-order valence-corrected chi connectivity index (χ4v) is 4.83. The third-order valence-electron chi connectivity index (χ3n) is 6.97. The molecular weight excluding hydrogens is 474 g/mol. The first-order valence-electron chi connectivity index (χ1n) is 14.1. The number of ether oxygens (including phenoxy) is 1. The number of rotatable bonds is 16. The fraction of sp³-hybridized carbons (Fsp3) is 0.500. The van der Waals surface area contributed by atoms with Crippen LogP contribution in [0, 0.1) is 5.92 Å². The molecule has 2 amide bonds. The summed E-state index contributed by atoms with van der Waals surface area (Å²) in [4.78, 5) is 33.8. The number of aromatic nitrogens is 1. The van der Waals surface area contributed by atoms with E-state index in [9.17, 15) is 9.59 Å². The van der Waals surface area contributed by atoms with Gasteiger partial charge in [0.15, 0.2) is 0 Å². The van der Waals surface area contributed by atoms with Gasteiger partial charge in [-0.25, -0.2) is 0 Å². The summed E-state index contributed by atoms with van der Waals surface area (Å²) >= 11 is 0. The number of nitrogens with zero attached hydrogens (tertiary/aromatic N) is 2. The van der Waals surface area contributed by atoms with Crippen LogP contribution in [0.15, 0.2) is 54.7 Å². The van der Waals surface area contributed by atoms with Gasteiger partial charge < -0.3 is 19.5 Å². The molecule has 1 heterocycles. The minimum atomic E-state index is -0.0133. The second-order valence-corrected chi connectivity index (χ2v) is 10.6. The summed E-state index contributed by atoms with van der Waals surface area (Å²) in [5.41, 5.74) is 3.33. The summed E-state index contributed by atoms with van der Waals surface area (Å²) < 4.78 is 5.30. The van der Waals surface area contributed by atoms with Crippen molar-refractivity contribution in [3.8, 4) is 5.75 Å². The third kappa shape index (κ3) is 8.93. The zero-order valence-corrected chi connectivity index (χ0v) is 23.7. The molecule has 1 aromatic heterocycles. The van der Waals surface area contributed by atoms with E-state index in [1.165, 1.54) is 23.8 Å². The molecule has 0 bridgehead atoms. The van der Waals surface area contributed by atoms with E-state index in [4.69, 9.17) is 4.74 Å². The van der Waals surface area contributed by atoms with Gasteiger partial charge in [0.25, 0.3) is 0 Å². The quantitative estimate of drug-likeness (QED) is 0.217. The van der Waals surface area contributed by atoms with Gasteiger partial charge in [-0.15, -0.1) is 0 Å². The molecule has 6 nitrogen and oxygen atoms in total. The van der Waals surface area contributed by atoms with E-state index in [0.29, 0.717) is 32.0 Å². The van der Waals surface area contributed by atoms with Gasteiger partial charge in [-0.1, -0.05) is 76.8 Å². The van der Waals surface area contributed by atoms with E-state index in [1.54, 1.807) is 12.0 Å². The Balaban J connectivity index is 1.72. The van der Waals surface area contributed by atoms with Gasteiger partial charge in [0.1, 0.15) is 5.75 Å². The van der Waals surface area contributed by atoms with Crippen molar-refractivity contribution in [2.45, 2.75) is 72.3 Å². The van der Waals surface area contributed by atoms with Crippen LogP contribution in [0.5, 0.6) is 5.75 Å². The maximum absolute atomic E-state index is 13.7. The first-order valence-corrected chi connectivity index (χ1v) is 14.1. The Morgan fingerprint density at radius 2 is 1.66 bits per heavy atom. The van der Waals surface area contributed by atoms with E-state index < -0.39 is 0 Å². The minimum absolute atomic E-state index is 0.0133. The number of benzene rings is 2. The predicted octanol–water partition coefficient (Wildman–Crippen LogP) is 6.59. The number of methoxy groups -OCH3 is 1. The molecule has 3 rings (SSSR count). The number of aromatic amines is 1. The van der Waals surface area contributed by atoms with Crippen LogP contribution in [0.1, 0.15) is 70.4 Å². The molecule has 38 heavy (non-hydrogen) atoms. The number of fused-ring (bicyclic) bond motifs is 1. The molecule has 0 spiro atoms. The van der Waals surface area contributed by atoms with E-state index in [1.807, 2.05) is 47.5 Å². The molecule has 1 N–H and O–H groups in total. The molecule has 0 aliphatic carbocycles. The van der Waals surface area contributed by atoms with Crippen molar-refractivity contribution in [2.75, 3.05) is 26.7 Å². The zero-order valence-electron chi connectivity index (χ0n) is 23.7. The lowest BCUT2D eigenvalue weighted by Gasteiger charge is -2.29. The molecule has 0 radical (unpaired) electrons. The molecule has 3 aromatic rings.